The molecule has 0 unspecified atom stereocenters. The number of hydrogen-bond acceptors (Lipinski definition) is 4. The molecule has 5 heteroatoms. The van der Waals surface area contributed by atoms with E-state index in [9.17, 15) is 4.79 Å². The van der Waals surface area contributed by atoms with Gasteiger partial charge in [0.05, 0.1) is 13.2 Å². The first-order chi connectivity index (χ1) is 7.69. The van der Waals surface area contributed by atoms with Crippen molar-refractivity contribution in [1.29, 1.82) is 0 Å². The molecule has 0 aliphatic carbocycles. The van der Waals surface area contributed by atoms with Gasteiger partial charge in [0.2, 0.25) is 0 Å². The van der Waals surface area contributed by atoms with Crippen molar-refractivity contribution in [3.05, 3.63) is 29.6 Å². The average molecular weight is 224 g/mol. The molecule has 0 aliphatic heterocycles. The van der Waals surface area contributed by atoms with Crippen molar-refractivity contribution in [2.75, 3.05) is 26.3 Å². The van der Waals surface area contributed by atoms with Crippen LogP contribution in [0.4, 0.5) is 0 Å². The second kappa shape index (κ2) is 6.19. The van der Waals surface area contributed by atoms with Gasteiger partial charge in [-0.1, -0.05) is 0 Å². The Hall–Kier alpha value is -1.46. The van der Waals surface area contributed by atoms with Crippen molar-refractivity contribution in [1.82, 2.24) is 9.88 Å². The number of carbonyl (C=O) groups excluding carboxylic acids is 1. The number of amides is 1. The van der Waals surface area contributed by atoms with Crippen LogP contribution < -0.4 is 0 Å². The van der Waals surface area contributed by atoms with E-state index in [0.717, 1.165) is 5.56 Å². The monoisotopic (exact) mass is 224 g/mol. The Balaban J connectivity index is 2.81. The summed E-state index contributed by atoms with van der Waals surface area (Å²) < 4.78 is 0. The van der Waals surface area contributed by atoms with Crippen LogP contribution in [0.3, 0.4) is 0 Å². The Morgan fingerprint density at radius 1 is 1.38 bits per heavy atom. The summed E-state index contributed by atoms with van der Waals surface area (Å²) in [6, 6.07) is 3.49. The first kappa shape index (κ1) is 12.6. The standard InChI is InChI=1S/C11H16N2O3/c1-9-2-3-12-10(8-9)11(16)13(4-6-14)5-7-15/h2-3,8,14-15H,4-7H2,1H3. The fourth-order valence-electron chi connectivity index (χ4n) is 1.37. The molecule has 0 atom stereocenters. The van der Waals surface area contributed by atoms with Gasteiger partial charge in [0.25, 0.3) is 5.91 Å². The molecule has 1 aromatic heterocycles. The summed E-state index contributed by atoms with van der Waals surface area (Å²) in [4.78, 5) is 17.3. The van der Waals surface area contributed by atoms with E-state index in [-0.39, 0.29) is 32.2 Å². The van der Waals surface area contributed by atoms with Crippen LogP contribution in [0.5, 0.6) is 0 Å². The zero-order valence-corrected chi connectivity index (χ0v) is 9.26. The number of carbonyl (C=O) groups is 1. The van der Waals surface area contributed by atoms with Crippen LogP contribution in [0.15, 0.2) is 18.3 Å². The fourth-order valence-corrected chi connectivity index (χ4v) is 1.37. The summed E-state index contributed by atoms with van der Waals surface area (Å²) >= 11 is 0. The van der Waals surface area contributed by atoms with Crippen LogP contribution in [-0.2, 0) is 0 Å². The number of pyridine rings is 1. The lowest BCUT2D eigenvalue weighted by atomic mass is 10.2. The Labute approximate surface area is 94.4 Å². The molecule has 0 aliphatic rings. The highest BCUT2D eigenvalue weighted by Gasteiger charge is 2.15. The third-order valence-corrected chi connectivity index (χ3v) is 2.16. The Bertz CT molecular complexity index is 349. The number of hydrogen-bond donors (Lipinski definition) is 2. The molecule has 1 heterocycles. The fraction of sp³-hybridized carbons (Fsp3) is 0.455. The van der Waals surface area contributed by atoms with Crippen molar-refractivity contribution < 1.29 is 15.0 Å². The molecule has 1 rings (SSSR count). The molecule has 0 radical (unpaired) electrons. The normalized spacial score (nSPS) is 10.2. The number of aromatic nitrogens is 1. The molecule has 0 spiro atoms. The summed E-state index contributed by atoms with van der Waals surface area (Å²) in [5, 5.41) is 17.6. The molecule has 16 heavy (non-hydrogen) atoms. The number of nitrogens with zero attached hydrogens (tertiary/aromatic N) is 2. The van der Waals surface area contributed by atoms with Crippen molar-refractivity contribution in [3.63, 3.8) is 0 Å². The molecule has 0 saturated heterocycles. The lowest BCUT2D eigenvalue weighted by Gasteiger charge is -2.20. The molecule has 0 fully saturated rings. The summed E-state index contributed by atoms with van der Waals surface area (Å²) in [6.07, 6.45) is 1.57. The van der Waals surface area contributed by atoms with Gasteiger partial charge >= 0.3 is 0 Å². The maximum Gasteiger partial charge on any atom is 0.272 e. The van der Waals surface area contributed by atoms with Crippen LogP contribution in [0, 0.1) is 6.92 Å². The summed E-state index contributed by atoms with van der Waals surface area (Å²) in [6.45, 7) is 2.03. The summed E-state index contributed by atoms with van der Waals surface area (Å²) in [5.74, 6) is -0.271. The van der Waals surface area contributed by atoms with Gasteiger partial charge in [0, 0.05) is 19.3 Å². The van der Waals surface area contributed by atoms with Crippen molar-refractivity contribution in [2.45, 2.75) is 6.92 Å². The molecule has 5 nitrogen and oxygen atoms in total. The lowest BCUT2D eigenvalue weighted by molar-refractivity contribution is 0.0679. The van der Waals surface area contributed by atoms with Crippen LogP contribution in [0.2, 0.25) is 0 Å². The van der Waals surface area contributed by atoms with Gasteiger partial charge in [-0.25, -0.2) is 0 Å². The minimum atomic E-state index is -0.271. The van der Waals surface area contributed by atoms with Gasteiger partial charge in [-0.15, -0.1) is 0 Å². The minimum Gasteiger partial charge on any atom is -0.395 e. The zero-order valence-electron chi connectivity index (χ0n) is 9.26. The van der Waals surface area contributed by atoms with Gasteiger partial charge in [0.15, 0.2) is 0 Å². The van der Waals surface area contributed by atoms with E-state index in [1.807, 2.05) is 6.92 Å². The molecule has 0 aromatic carbocycles. The largest absolute Gasteiger partial charge is 0.395 e. The molecular weight excluding hydrogens is 208 g/mol. The van der Waals surface area contributed by atoms with Crippen LogP contribution >= 0.6 is 0 Å². The Morgan fingerprint density at radius 2 is 2.00 bits per heavy atom. The van der Waals surface area contributed by atoms with Crippen molar-refractivity contribution in [2.24, 2.45) is 0 Å². The number of aliphatic hydroxyl groups is 2. The first-order valence-corrected chi connectivity index (χ1v) is 5.12. The van der Waals surface area contributed by atoms with E-state index in [0.29, 0.717) is 5.69 Å². The zero-order chi connectivity index (χ0) is 12.0. The summed E-state index contributed by atoms with van der Waals surface area (Å²) in [7, 11) is 0. The number of rotatable bonds is 5. The van der Waals surface area contributed by atoms with E-state index >= 15 is 0 Å². The summed E-state index contributed by atoms with van der Waals surface area (Å²) in [5.41, 5.74) is 1.29. The van der Waals surface area contributed by atoms with Crippen LogP contribution in [0.25, 0.3) is 0 Å². The second-order valence-electron chi connectivity index (χ2n) is 3.46. The predicted molar refractivity (Wildman–Crippen MR) is 59.0 cm³/mol. The van der Waals surface area contributed by atoms with Gasteiger partial charge in [-0.05, 0) is 24.6 Å². The van der Waals surface area contributed by atoms with E-state index < -0.39 is 0 Å². The predicted octanol–water partition coefficient (Wildman–Crippen LogP) is -0.183. The van der Waals surface area contributed by atoms with Crippen molar-refractivity contribution in [3.8, 4) is 0 Å². The Morgan fingerprint density at radius 3 is 2.50 bits per heavy atom. The van der Waals surface area contributed by atoms with E-state index in [1.165, 1.54) is 4.90 Å². The molecule has 1 aromatic rings. The third kappa shape index (κ3) is 3.29. The molecular formula is C11H16N2O3. The number of aliphatic hydroxyl groups excluding tert-OH is 2. The van der Waals surface area contributed by atoms with Gasteiger partial charge in [-0.2, -0.15) is 0 Å². The highest BCUT2D eigenvalue weighted by Crippen LogP contribution is 2.04. The van der Waals surface area contributed by atoms with Crippen molar-refractivity contribution >= 4 is 5.91 Å². The van der Waals surface area contributed by atoms with E-state index in [4.69, 9.17) is 10.2 Å². The average Bonchev–Trinajstić information content (AvgIpc) is 2.28. The quantitative estimate of drug-likeness (QED) is 0.727. The van der Waals surface area contributed by atoms with Crippen LogP contribution in [0.1, 0.15) is 16.1 Å². The topological polar surface area (TPSA) is 73.7 Å². The smallest absolute Gasteiger partial charge is 0.272 e. The SMILES string of the molecule is Cc1ccnc(C(=O)N(CCO)CCO)c1. The molecule has 0 bridgehead atoms. The molecule has 0 saturated carbocycles. The highest BCUT2D eigenvalue weighted by molar-refractivity contribution is 5.92. The van der Waals surface area contributed by atoms with E-state index in [1.54, 1.807) is 18.3 Å². The third-order valence-electron chi connectivity index (χ3n) is 2.16. The van der Waals surface area contributed by atoms with Gasteiger partial charge < -0.3 is 15.1 Å². The second-order valence-corrected chi connectivity index (χ2v) is 3.46. The minimum absolute atomic E-state index is 0.127. The van der Waals surface area contributed by atoms with Gasteiger partial charge in [0.1, 0.15) is 5.69 Å². The first-order valence-electron chi connectivity index (χ1n) is 5.12. The highest BCUT2D eigenvalue weighted by atomic mass is 16.3. The maximum atomic E-state index is 11.9. The lowest BCUT2D eigenvalue weighted by Crippen LogP contribution is -2.36. The Kier molecular flexibility index (Phi) is 4.88. The van der Waals surface area contributed by atoms with E-state index in [2.05, 4.69) is 4.98 Å². The van der Waals surface area contributed by atoms with Gasteiger partial charge in [-0.3, -0.25) is 9.78 Å². The maximum absolute atomic E-state index is 11.9. The number of aryl methyl sites for hydroxylation is 1. The van der Waals surface area contributed by atoms with Crippen LogP contribution in [-0.4, -0.2) is 52.3 Å². The molecule has 88 valence electrons. The molecule has 1 amide bonds. The molecule has 2 N–H and O–H groups in total.